The summed E-state index contributed by atoms with van der Waals surface area (Å²) in [4.78, 5) is 2.37. The fourth-order valence-electron chi connectivity index (χ4n) is 2.81. The van der Waals surface area contributed by atoms with Crippen molar-refractivity contribution in [3.63, 3.8) is 0 Å². The molecule has 0 radical (unpaired) electrons. The molecule has 0 saturated heterocycles. The third-order valence-electron chi connectivity index (χ3n) is 3.97. The van der Waals surface area contributed by atoms with Gasteiger partial charge in [0, 0.05) is 31.2 Å². The van der Waals surface area contributed by atoms with Gasteiger partial charge in [0.25, 0.3) is 0 Å². The van der Waals surface area contributed by atoms with Gasteiger partial charge < -0.3 is 5.73 Å². The van der Waals surface area contributed by atoms with Gasteiger partial charge in [-0.3, -0.25) is 4.90 Å². The number of halogens is 1. The highest BCUT2D eigenvalue weighted by Gasteiger charge is 2.19. The Bertz CT molecular complexity index is 572. The second-order valence-electron chi connectivity index (χ2n) is 5.40. The van der Waals surface area contributed by atoms with E-state index in [-0.39, 0.29) is 11.9 Å². The predicted octanol–water partition coefficient (Wildman–Crippen LogP) is 3.23. The van der Waals surface area contributed by atoms with Crippen LogP contribution in [-0.2, 0) is 13.1 Å². The first-order valence-electron chi connectivity index (χ1n) is 7.03. The van der Waals surface area contributed by atoms with Crippen LogP contribution in [0.2, 0.25) is 0 Å². The minimum absolute atomic E-state index is 0.204. The van der Waals surface area contributed by atoms with Gasteiger partial charge >= 0.3 is 0 Å². The van der Waals surface area contributed by atoms with Gasteiger partial charge in [0.15, 0.2) is 0 Å². The van der Waals surface area contributed by atoms with E-state index in [1.54, 1.807) is 12.1 Å². The third-order valence-corrected chi connectivity index (χ3v) is 3.97. The van der Waals surface area contributed by atoms with Crippen LogP contribution in [-0.4, -0.2) is 11.4 Å². The van der Waals surface area contributed by atoms with Gasteiger partial charge in [-0.25, -0.2) is 4.39 Å². The maximum atomic E-state index is 13.7. The molecule has 0 aliphatic carbocycles. The molecular weight excluding hydrogens is 251 g/mol. The van der Waals surface area contributed by atoms with Crippen LogP contribution in [0.25, 0.3) is 0 Å². The summed E-state index contributed by atoms with van der Waals surface area (Å²) in [5, 5.41) is 0. The molecule has 20 heavy (non-hydrogen) atoms. The molecule has 1 heterocycles. The summed E-state index contributed by atoms with van der Waals surface area (Å²) in [5.74, 6) is -0.204. The second kappa shape index (κ2) is 5.73. The first kappa shape index (κ1) is 13.3. The van der Waals surface area contributed by atoms with Crippen molar-refractivity contribution in [1.29, 1.82) is 0 Å². The van der Waals surface area contributed by atoms with E-state index in [0.29, 0.717) is 5.56 Å². The van der Waals surface area contributed by atoms with Crippen LogP contribution >= 0.6 is 0 Å². The van der Waals surface area contributed by atoms with Crippen LogP contribution < -0.4 is 5.73 Å². The predicted molar refractivity (Wildman–Crippen MR) is 78.5 cm³/mol. The Hall–Kier alpha value is -1.71. The van der Waals surface area contributed by atoms with E-state index in [1.807, 2.05) is 6.07 Å². The molecule has 0 saturated carbocycles. The van der Waals surface area contributed by atoms with Gasteiger partial charge in [0.05, 0.1) is 0 Å². The molecule has 0 aromatic heterocycles. The Labute approximate surface area is 119 Å². The molecule has 2 nitrogen and oxygen atoms in total. The molecule has 2 N–H and O–H groups in total. The highest BCUT2D eigenvalue weighted by atomic mass is 19.1. The van der Waals surface area contributed by atoms with Crippen molar-refractivity contribution in [3.05, 3.63) is 71.0 Å². The number of nitrogens with two attached hydrogens (primary N) is 1. The SMILES string of the molecule is NC(CCN1Cc2ccccc2C1)c1ccccc1F. The molecule has 1 atom stereocenters. The summed E-state index contributed by atoms with van der Waals surface area (Å²) >= 11 is 0. The van der Waals surface area contributed by atoms with Crippen molar-refractivity contribution in [2.24, 2.45) is 5.73 Å². The Morgan fingerprint density at radius 1 is 1.00 bits per heavy atom. The number of fused-ring (bicyclic) bond motifs is 1. The summed E-state index contributed by atoms with van der Waals surface area (Å²) < 4.78 is 13.7. The van der Waals surface area contributed by atoms with Gasteiger partial charge in [-0.2, -0.15) is 0 Å². The lowest BCUT2D eigenvalue weighted by atomic mass is 10.0. The highest BCUT2D eigenvalue weighted by Crippen LogP contribution is 2.24. The topological polar surface area (TPSA) is 29.3 Å². The monoisotopic (exact) mass is 270 g/mol. The Morgan fingerprint density at radius 2 is 1.60 bits per heavy atom. The van der Waals surface area contributed by atoms with Crippen LogP contribution in [0.4, 0.5) is 4.39 Å². The van der Waals surface area contributed by atoms with Crippen molar-refractivity contribution in [2.45, 2.75) is 25.6 Å². The number of hydrogen-bond acceptors (Lipinski definition) is 2. The van der Waals surface area contributed by atoms with Crippen LogP contribution in [0.3, 0.4) is 0 Å². The quantitative estimate of drug-likeness (QED) is 0.924. The lowest BCUT2D eigenvalue weighted by Gasteiger charge is -2.18. The van der Waals surface area contributed by atoms with E-state index in [0.717, 1.165) is 26.1 Å². The molecule has 1 aliphatic rings. The van der Waals surface area contributed by atoms with E-state index in [4.69, 9.17) is 5.73 Å². The van der Waals surface area contributed by atoms with Gasteiger partial charge in [-0.05, 0) is 23.6 Å². The summed E-state index contributed by atoms with van der Waals surface area (Å²) in [6, 6.07) is 15.0. The van der Waals surface area contributed by atoms with Crippen molar-refractivity contribution in [2.75, 3.05) is 6.54 Å². The fourth-order valence-corrected chi connectivity index (χ4v) is 2.81. The minimum Gasteiger partial charge on any atom is -0.324 e. The van der Waals surface area contributed by atoms with Crippen LogP contribution in [0.1, 0.15) is 29.2 Å². The molecule has 0 bridgehead atoms. The normalized spacial score (nSPS) is 16.1. The standard InChI is InChI=1S/C17H19FN2/c18-16-8-4-3-7-15(16)17(19)9-10-20-11-13-5-1-2-6-14(13)12-20/h1-8,17H,9-12,19H2. The first-order valence-corrected chi connectivity index (χ1v) is 7.03. The molecular formula is C17H19FN2. The van der Waals surface area contributed by atoms with Crippen molar-refractivity contribution >= 4 is 0 Å². The molecule has 3 rings (SSSR count). The van der Waals surface area contributed by atoms with Gasteiger partial charge in [0.1, 0.15) is 5.82 Å². The Morgan fingerprint density at radius 3 is 2.25 bits per heavy atom. The van der Waals surface area contributed by atoms with E-state index < -0.39 is 0 Å². The van der Waals surface area contributed by atoms with E-state index >= 15 is 0 Å². The van der Waals surface area contributed by atoms with Crippen LogP contribution in [0, 0.1) is 5.82 Å². The molecule has 0 fully saturated rings. The van der Waals surface area contributed by atoms with Crippen LogP contribution in [0.5, 0.6) is 0 Å². The van der Waals surface area contributed by atoms with Crippen molar-refractivity contribution < 1.29 is 4.39 Å². The summed E-state index contributed by atoms with van der Waals surface area (Å²) in [6.07, 6.45) is 0.773. The molecule has 0 amide bonds. The molecule has 1 unspecified atom stereocenters. The second-order valence-corrected chi connectivity index (χ2v) is 5.40. The number of rotatable bonds is 4. The number of hydrogen-bond donors (Lipinski definition) is 1. The summed E-state index contributed by atoms with van der Waals surface area (Å²) in [7, 11) is 0. The number of benzene rings is 2. The zero-order chi connectivity index (χ0) is 13.9. The zero-order valence-corrected chi connectivity index (χ0v) is 11.4. The largest absolute Gasteiger partial charge is 0.324 e. The van der Waals surface area contributed by atoms with E-state index in [1.165, 1.54) is 17.2 Å². The smallest absolute Gasteiger partial charge is 0.127 e. The fraction of sp³-hybridized carbons (Fsp3) is 0.294. The van der Waals surface area contributed by atoms with Gasteiger partial charge in [0.2, 0.25) is 0 Å². The van der Waals surface area contributed by atoms with E-state index in [9.17, 15) is 4.39 Å². The molecule has 2 aromatic carbocycles. The number of nitrogens with zero attached hydrogens (tertiary/aromatic N) is 1. The Kier molecular flexibility index (Phi) is 3.81. The molecule has 3 heteroatoms. The van der Waals surface area contributed by atoms with Crippen molar-refractivity contribution in [3.8, 4) is 0 Å². The summed E-state index contributed by atoms with van der Waals surface area (Å²) in [5.41, 5.74) is 9.52. The average molecular weight is 270 g/mol. The lowest BCUT2D eigenvalue weighted by molar-refractivity contribution is 0.271. The Balaban J connectivity index is 1.58. The third kappa shape index (κ3) is 2.74. The average Bonchev–Trinajstić information content (AvgIpc) is 2.88. The molecule has 0 spiro atoms. The van der Waals surface area contributed by atoms with Gasteiger partial charge in [-0.1, -0.05) is 42.5 Å². The zero-order valence-electron chi connectivity index (χ0n) is 11.4. The van der Waals surface area contributed by atoms with E-state index in [2.05, 4.69) is 29.2 Å². The van der Waals surface area contributed by atoms with Crippen molar-refractivity contribution in [1.82, 2.24) is 4.90 Å². The minimum atomic E-state index is -0.236. The first-order chi connectivity index (χ1) is 9.74. The highest BCUT2D eigenvalue weighted by molar-refractivity contribution is 5.30. The molecule has 2 aromatic rings. The van der Waals surface area contributed by atoms with Crippen LogP contribution in [0.15, 0.2) is 48.5 Å². The molecule has 1 aliphatic heterocycles. The maximum absolute atomic E-state index is 13.7. The van der Waals surface area contributed by atoms with Gasteiger partial charge in [-0.15, -0.1) is 0 Å². The summed E-state index contributed by atoms with van der Waals surface area (Å²) in [6.45, 7) is 2.84. The lowest BCUT2D eigenvalue weighted by Crippen LogP contribution is -2.23. The molecule has 104 valence electrons. The maximum Gasteiger partial charge on any atom is 0.127 e.